The second-order valence-corrected chi connectivity index (χ2v) is 6.20. The molecule has 0 radical (unpaired) electrons. The standard InChI is InChI=1S/C19H25N3/c1-16-7-9-17(10-8-16)21(3)18-5-4-6-19(15-18)22-13-11-20(2)12-14-22/h4-10,15H,11-14H2,1-3H3. The zero-order valence-electron chi connectivity index (χ0n) is 13.8. The molecular weight excluding hydrogens is 270 g/mol. The fraction of sp³-hybridized carbons (Fsp3) is 0.368. The summed E-state index contributed by atoms with van der Waals surface area (Å²) in [6.45, 7) is 6.61. The topological polar surface area (TPSA) is 9.72 Å². The zero-order valence-corrected chi connectivity index (χ0v) is 13.8. The van der Waals surface area contributed by atoms with Crippen LogP contribution in [0.25, 0.3) is 0 Å². The molecule has 3 rings (SSSR count). The summed E-state index contributed by atoms with van der Waals surface area (Å²) in [7, 11) is 4.33. The van der Waals surface area contributed by atoms with Gasteiger partial charge < -0.3 is 14.7 Å². The lowest BCUT2D eigenvalue weighted by Gasteiger charge is -2.34. The molecule has 2 aromatic carbocycles. The number of rotatable bonds is 3. The van der Waals surface area contributed by atoms with Crippen molar-refractivity contribution >= 4 is 17.1 Å². The largest absolute Gasteiger partial charge is 0.369 e. The molecule has 0 N–H and O–H groups in total. The van der Waals surface area contributed by atoms with Gasteiger partial charge in [0.1, 0.15) is 0 Å². The van der Waals surface area contributed by atoms with Gasteiger partial charge in [-0.2, -0.15) is 0 Å². The van der Waals surface area contributed by atoms with Crippen molar-refractivity contribution in [3.05, 3.63) is 54.1 Å². The van der Waals surface area contributed by atoms with Crippen molar-refractivity contribution in [2.45, 2.75) is 6.92 Å². The van der Waals surface area contributed by atoms with E-state index in [0.717, 1.165) is 26.2 Å². The number of benzene rings is 2. The van der Waals surface area contributed by atoms with Gasteiger partial charge in [0.2, 0.25) is 0 Å². The molecule has 3 heteroatoms. The van der Waals surface area contributed by atoms with Gasteiger partial charge >= 0.3 is 0 Å². The molecule has 2 aromatic rings. The molecular formula is C19H25N3. The number of anilines is 3. The summed E-state index contributed by atoms with van der Waals surface area (Å²) in [6, 6.07) is 17.5. The van der Waals surface area contributed by atoms with Gasteiger partial charge in [0.25, 0.3) is 0 Å². The highest BCUT2D eigenvalue weighted by molar-refractivity contribution is 5.67. The number of hydrogen-bond donors (Lipinski definition) is 0. The zero-order chi connectivity index (χ0) is 15.5. The predicted octanol–water partition coefficient (Wildman–Crippen LogP) is 3.51. The van der Waals surface area contributed by atoms with Gasteiger partial charge in [0.15, 0.2) is 0 Å². The van der Waals surface area contributed by atoms with Crippen LogP contribution in [0.15, 0.2) is 48.5 Å². The van der Waals surface area contributed by atoms with Crippen LogP contribution in [-0.2, 0) is 0 Å². The van der Waals surface area contributed by atoms with Crippen LogP contribution in [0.4, 0.5) is 17.1 Å². The fourth-order valence-corrected chi connectivity index (χ4v) is 2.88. The Morgan fingerprint density at radius 2 is 1.55 bits per heavy atom. The lowest BCUT2D eigenvalue weighted by atomic mass is 10.2. The molecule has 22 heavy (non-hydrogen) atoms. The Morgan fingerprint density at radius 1 is 0.864 bits per heavy atom. The summed E-state index contributed by atoms with van der Waals surface area (Å²) >= 11 is 0. The third kappa shape index (κ3) is 3.25. The van der Waals surface area contributed by atoms with Crippen molar-refractivity contribution in [3.8, 4) is 0 Å². The van der Waals surface area contributed by atoms with E-state index in [9.17, 15) is 0 Å². The van der Waals surface area contributed by atoms with Crippen LogP contribution in [-0.4, -0.2) is 45.2 Å². The molecule has 0 unspecified atom stereocenters. The number of likely N-dealkylation sites (N-methyl/N-ethyl adjacent to an activating group) is 1. The van der Waals surface area contributed by atoms with Gasteiger partial charge in [-0.05, 0) is 44.3 Å². The molecule has 1 aliphatic heterocycles. The van der Waals surface area contributed by atoms with Crippen molar-refractivity contribution < 1.29 is 0 Å². The van der Waals surface area contributed by atoms with Gasteiger partial charge in [-0.3, -0.25) is 0 Å². The highest BCUT2D eigenvalue weighted by Gasteiger charge is 2.15. The Kier molecular flexibility index (Phi) is 4.34. The van der Waals surface area contributed by atoms with Crippen LogP contribution in [0, 0.1) is 6.92 Å². The third-order valence-corrected chi connectivity index (χ3v) is 4.51. The first kappa shape index (κ1) is 14.9. The summed E-state index contributed by atoms with van der Waals surface area (Å²) in [4.78, 5) is 7.12. The molecule has 1 saturated heterocycles. The Hall–Kier alpha value is -2.00. The lowest BCUT2D eigenvalue weighted by molar-refractivity contribution is 0.313. The van der Waals surface area contributed by atoms with E-state index in [1.807, 2.05) is 0 Å². The molecule has 1 aliphatic rings. The number of nitrogens with zero attached hydrogens (tertiary/aromatic N) is 3. The minimum Gasteiger partial charge on any atom is -0.369 e. The molecule has 0 bridgehead atoms. The Balaban J connectivity index is 1.80. The first-order valence-electron chi connectivity index (χ1n) is 7.97. The molecule has 1 heterocycles. The Labute approximate surface area is 133 Å². The van der Waals surface area contributed by atoms with E-state index in [2.05, 4.69) is 84.2 Å². The molecule has 116 valence electrons. The van der Waals surface area contributed by atoms with Crippen molar-refractivity contribution in [1.29, 1.82) is 0 Å². The van der Waals surface area contributed by atoms with Crippen molar-refractivity contribution in [2.75, 3.05) is 50.1 Å². The molecule has 0 amide bonds. The quantitative estimate of drug-likeness (QED) is 0.858. The second-order valence-electron chi connectivity index (χ2n) is 6.20. The molecule has 0 saturated carbocycles. The summed E-state index contributed by atoms with van der Waals surface area (Å²) in [5.41, 5.74) is 5.08. The van der Waals surface area contributed by atoms with Crippen LogP contribution >= 0.6 is 0 Å². The molecule has 0 aromatic heterocycles. The smallest absolute Gasteiger partial charge is 0.0428 e. The monoisotopic (exact) mass is 295 g/mol. The third-order valence-electron chi connectivity index (χ3n) is 4.51. The number of aryl methyl sites for hydroxylation is 1. The van der Waals surface area contributed by atoms with E-state index >= 15 is 0 Å². The molecule has 1 fully saturated rings. The van der Waals surface area contributed by atoms with E-state index in [4.69, 9.17) is 0 Å². The molecule has 0 aliphatic carbocycles. The summed E-state index contributed by atoms with van der Waals surface area (Å²) < 4.78 is 0. The minimum absolute atomic E-state index is 1.11. The highest BCUT2D eigenvalue weighted by atomic mass is 15.2. The van der Waals surface area contributed by atoms with Crippen LogP contribution in [0.3, 0.4) is 0 Å². The van der Waals surface area contributed by atoms with Gasteiger partial charge in [-0.25, -0.2) is 0 Å². The van der Waals surface area contributed by atoms with Crippen LogP contribution in [0.1, 0.15) is 5.56 Å². The summed E-state index contributed by atoms with van der Waals surface area (Å²) in [5, 5.41) is 0. The van der Waals surface area contributed by atoms with Crippen molar-refractivity contribution in [3.63, 3.8) is 0 Å². The van der Waals surface area contributed by atoms with Crippen molar-refractivity contribution in [2.24, 2.45) is 0 Å². The van der Waals surface area contributed by atoms with Crippen LogP contribution < -0.4 is 9.80 Å². The summed E-state index contributed by atoms with van der Waals surface area (Å²) in [6.07, 6.45) is 0. The predicted molar refractivity (Wildman–Crippen MR) is 95.4 cm³/mol. The highest BCUT2D eigenvalue weighted by Crippen LogP contribution is 2.28. The second kappa shape index (κ2) is 6.41. The molecule has 3 nitrogen and oxygen atoms in total. The van der Waals surface area contributed by atoms with Crippen LogP contribution in [0.5, 0.6) is 0 Å². The Bertz CT molecular complexity index is 613. The normalized spacial score (nSPS) is 15.9. The average molecular weight is 295 g/mol. The van der Waals surface area contributed by atoms with Gasteiger partial charge in [-0.1, -0.05) is 23.8 Å². The minimum atomic E-state index is 1.11. The SMILES string of the molecule is Cc1ccc(N(C)c2cccc(N3CCN(C)CC3)c2)cc1. The van der Waals surface area contributed by atoms with E-state index in [0.29, 0.717) is 0 Å². The lowest BCUT2D eigenvalue weighted by Crippen LogP contribution is -2.44. The molecule has 0 atom stereocenters. The van der Waals surface area contributed by atoms with Gasteiger partial charge in [0.05, 0.1) is 0 Å². The maximum atomic E-state index is 2.48. The number of hydrogen-bond acceptors (Lipinski definition) is 3. The van der Waals surface area contributed by atoms with E-state index in [1.54, 1.807) is 0 Å². The Morgan fingerprint density at radius 3 is 2.23 bits per heavy atom. The van der Waals surface area contributed by atoms with Gasteiger partial charge in [-0.15, -0.1) is 0 Å². The van der Waals surface area contributed by atoms with Crippen molar-refractivity contribution in [1.82, 2.24) is 4.90 Å². The molecule has 0 spiro atoms. The maximum Gasteiger partial charge on any atom is 0.0428 e. The first-order valence-corrected chi connectivity index (χ1v) is 7.97. The average Bonchev–Trinajstić information content (AvgIpc) is 2.56. The number of piperazine rings is 1. The van der Waals surface area contributed by atoms with Crippen LogP contribution in [0.2, 0.25) is 0 Å². The van der Waals surface area contributed by atoms with Gasteiger partial charge in [0, 0.05) is 50.3 Å². The van der Waals surface area contributed by atoms with E-state index in [1.165, 1.54) is 22.6 Å². The maximum absolute atomic E-state index is 2.48. The first-order chi connectivity index (χ1) is 10.6. The fourth-order valence-electron chi connectivity index (χ4n) is 2.88. The van der Waals surface area contributed by atoms with E-state index in [-0.39, 0.29) is 0 Å². The summed E-state index contributed by atoms with van der Waals surface area (Å²) in [5.74, 6) is 0. The van der Waals surface area contributed by atoms with E-state index < -0.39 is 0 Å².